The van der Waals surface area contributed by atoms with E-state index >= 15 is 0 Å². The molecule has 1 atom stereocenters. The highest BCUT2D eigenvalue weighted by atomic mass is 16.7. The van der Waals surface area contributed by atoms with E-state index in [4.69, 9.17) is 9.47 Å². The highest BCUT2D eigenvalue weighted by Gasteiger charge is 2.20. The lowest BCUT2D eigenvalue weighted by atomic mass is 9.85. The lowest BCUT2D eigenvalue weighted by molar-refractivity contribution is 0.174. The summed E-state index contributed by atoms with van der Waals surface area (Å²) < 4.78 is 10.9. The Morgan fingerprint density at radius 1 is 1.26 bits per heavy atom. The highest BCUT2D eigenvalue weighted by molar-refractivity contribution is 6.01. The van der Waals surface area contributed by atoms with E-state index in [9.17, 15) is 0 Å². The largest absolute Gasteiger partial charge is 0.454 e. The summed E-state index contributed by atoms with van der Waals surface area (Å²) in [7, 11) is 0. The smallest absolute Gasteiger partial charge is 0.231 e. The first-order chi connectivity index (χ1) is 11.2. The van der Waals surface area contributed by atoms with Crippen molar-refractivity contribution >= 4 is 5.71 Å². The number of aliphatic imine (C=N–C) groups is 1. The molecule has 0 radical (unpaired) electrons. The first-order valence-electron chi connectivity index (χ1n) is 8.45. The van der Waals surface area contributed by atoms with Crippen LogP contribution in [0.4, 0.5) is 0 Å². The summed E-state index contributed by atoms with van der Waals surface area (Å²) >= 11 is 0. The van der Waals surface area contributed by atoms with E-state index in [1.807, 2.05) is 6.07 Å². The molecule has 1 aliphatic heterocycles. The van der Waals surface area contributed by atoms with Gasteiger partial charge < -0.3 is 9.47 Å². The molecule has 0 amide bonds. The molecule has 0 aromatic heterocycles. The number of benzene rings is 1. The van der Waals surface area contributed by atoms with Crippen LogP contribution >= 0.6 is 0 Å². The third kappa shape index (κ3) is 3.49. The van der Waals surface area contributed by atoms with Gasteiger partial charge in [-0.25, -0.2) is 0 Å². The molecule has 0 saturated carbocycles. The van der Waals surface area contributed by atoms with Crippen LogP contribution in [0.25, 0.3) is 0 Å². The Morgan fingerprint density at radius 2 is 2.04 bits per heavy atom. The fourth-order valence-electron chi connectivity index (χ4n) is 3.44. The van der Waals surface area contributed by atoms with Gasteiger partial charge in [0.15, 0.2) is 11.5 Å². The minimum absolute atomic E-state index is 0.322. The molecule has 1 aromatic rings. The van der Waals surface area contributed by atoms with E-state index in [0.717, 1.165) is 24.3 Å². The van der Waals surface area contributed by atoms with Crippen LogP contribution in [0.15, 0.2) is 47.1 Å². The monoisotopic (exact) mass is 311 g/mol. The Balaban J connectivity index is 1.80. The van der Waals surface area contributed by atoms with Gasteiger partial charge in [0.1, 0.15) is 0 Å². The highest BCUT2D eigenvalue weighted by Crippen LogP contribution is 2.36. The van der Waals surface area contributed by atoms with Crippen LogP contribution in [0.2, 0.25) is 0 Å². The standard InChI is InChI=1S/C20H25NO2/c1-4-21-18(17-8-6-5-7-14(17)2)11-15(3)16-9-10-19-20(12-16)23-13-22-19/h4,9-10,12,15H,1,5-8,11,13H2,2-3H3. The molecule has 0 spiro atoms. The number of nitrogens with zero attached hydrogens (tertiary/aromatic N) is 1. The molecule has 0 saturated heterocycles. The normalized spacial score (nSPS) is 19.0. The lowest BCUT2D eigenvalue weighted by Gasteiger charge is -2.22. The Morgan fingerprint density at radius 3 is 2.83 bits per heavy atom. The Kier molecular flexibility index (Phi) is 4.85. The molecule has 0 N–H and O–H groups in total. The van der Waals surface area contributed by atoms with Crippen LogP contribution in [0.1, 0.15) is 57.4 Å². The molecular weight excluding hydrogens is 286 g/mol. The first kappa shape index (κ1) is 15.9. The SMILES string of the molecule is C=CN=C(CC(C)c1ccc2c(c1)OCO2)C1=C(C)CCCC1. The zero-order chi connectivity index (χ0) is 16.2. The Bertz CT molecular complexity index is 658. The number of allylic oxidation sites excluding steroid dienone is 2. The van der Waals surface area contributed by atoms with Gasteiger partial charge in [-0.15, -0.1) is 0 Å². The van der Waals surface area contributed by atoms with Crippen molar-refractivity contribution in [2.75, 3.05) is 6.79 Å². The van der Waals surface area contributed by atoms with Gasteiger partial charge in [0, 0.05) is 11.9 Å². The number of fused-ring (bicyclic) bond motifs is 1. The van der Waals surface area contributed by atoms with E-state index in [1.165, 1.54) is 41.7 Å². The molecule has 3 nitrogen and oxygen atoms in total. The minimum Gasteiger partial charge on any atom is -0.454 e. The van der Waals surface area contributed by atoms with Gasteiger partial charge in [-0.1, -0.05) is 25.1 Å². The van der Waals surface area contributed by atoms with Crippen molar-refractivity contribution in [2.24, 2.45) is 4.99 Å². The fourth-order valence-corrected chi connectivity index (χ4v) is 3.44. The van der Waals surface area contributed by atoms with Crippen molar-refractivity contribution in [3.8, 4) is 11.5 Å². The molecule has 3 rings (SSSR count). The summed E-state index contributed by atoms with van der Waals surface area (Å²) in [5, 5.41) is 0. The van der Waals surface area contributed by atoms with Crippen molar-refractivity contribution in [1.29, 1.82) is 0 Å². The summed E-state index contributed by atoms with van der Waals surface area (Å²) in [6.45, 7) is 8.62. The molecule has 0 fully saturated rings. The molecule has 1 aliphatic carbocycles. The van der Waals surface area contributed by atoms with Crippen molar-refractivity contribution in [2.45, 2.75) is 51.9 Å². The van der Waals surface area contributed by atoms with Crippen LogP contribution in [0, 0.1) is 0 Å². The predicted octanol–water partition coefficient (Wildman–Crippen LogP) is 5.38. The van der Waals surface area contributed by atoms with E-state index < -0.39 is 0 Å². The van der Waals surface area contributed by atoms with Gasteiger partial charge in [-0.2, -0.15) is 0 Å². The summed E-state index contributed by atoms with van der Waals surface area (Å²) in [6.07, 6.45) is 7.51. The lowest BCUT2D eigenvalue weighted by Crippen LogP contribution is -2.12. The van der Waals surface area contributed by atoms with Gasteiger partial charge in [0.2, 0.25) is 6.79 Å². The summed E-state index contributed by atoms with van der Waals surface area (Å²) in [4.78, 5) is 4.60. The Hall–Kier alpha value is -2.03. The van der Waals surface area contributed by atoms with Crippen molar-refractivity contribution in [3.05, 3.63) is 47.7 Å². The number of ether oxygens (including phenoxy) is 2. The van der Waals surface area contributed by atoms with Gasteiger partial charge >= 0.3 is 0 Å². The molecule has 3 heteroatoms. The number of hydrogen-bond donors (Lipinski definition) is 0. The minimum atomic E-state index is 0.322. The van der Waals surface area contributed by atoms with E-state index in [-0.39, 0.29) is 0 Å². The second-order valence-corrected chi connectivity index (χ2v) is 6.44. The van der Waals surface area contributed by atoms with E-state index in [0.29, 0.717) is 12.7 Å². The van der Waals surface area contributed by atoms with E-state index in [1.54, 1.807) is 6.20 Å². The Labute approximate surface area is 138 Å². The zero-order valence-corrected chi connectivity index (χ0v) is 14.1. The second kappa shape index (κ2) is 7.03. The van der Waals surface area contributed by atoms with Crippen LogP contribution in [0.3, 0.4) is 0 Å². The van der Waals surface area contributed by atoms with Gasteiger partial charge in [0.05, 0.1) is 0 Å². The van der Waals surface area contributed by atoms with Crippen molar-refractivity contribution in [1.82, 2.24) is 0 Å². The van der Waals surface area contributed by atoms with Crippen LogP contribution < -0.4 is 9.47 Å². The molecule has 1 heterocycles. The average Bonchev–Trinajstić information content (AvgIpc) is 3.02. The predicted molar refractivity (Wildman–Crippen MR) is 94.4 cm³/mol. The second-order valence-electron chi connectivity index (χ2n) is 6.44. The molecule has 1 aromatic carbocycles. The number of rotatable bonds is 5. The molecule has 0 bridgehead atoms. The number of hydrogen-bond acceptors (Lipinski definition) is 3. The maximum atomic E-state index is 5.50. The molecule has 122 valence electrons. The third-order valence-electron chi connectivity index (χ3n) is 4.80. The van der Waals surface area contributed by atoms with Crippen LogP contribution in [-0.2, 0) is 0 Å². The zero-order valence-electron chi connectivity index (χ0n) is 14.1. The quantitative estimate of drug-likeness (QED) is 0.683. The van der Waals surface area contributed by atoms with Crippen LogP contribution in [-0.4, -0.2) is 12.5 Å². The molecule has 1 unspecified atom stereocenters. The maximum Gasteiger partial charge on any atom is 0.231 e. The summed E-state index contributed by atoms with van der Waals surface area (Å²) in [5.41, 5.74) is 5.40. The third-order valence-corrected chi connectivity index (χ3v) is 4.80. The van der Waals surface area contributed by atoms with Gasteiger partial charge in [-0.3, -0.25) is 4.99 Å². The molecule has 2 aliphatic rings. The van der Waals surface area contributed by atoms with Crippen molar-refractivity contribution < 1.29 is 9.47 Å². The topological polar surface area (TPSA) is 30.8 Å². The van der Waals surface area contributed by atoms with Gasteiger partial charge in [-0.05, 0) is 68.2 Å². The van der Waals surface area contributed by atoms with Gasteiger partial charge in [0.25, 0.3) is 0 Å². The fraction of sp³-hybridized carbons (Fsp3) is 0.450. The van der Waals surface area contributed by atoms with Crippen molar-refractivity contribution in [3.63, 3.8) is 0 Å². The first-order valence-corrected chi connectivity index (χ1v) is 8.45. The molecular formula is C20H25NO2. The maximum absolute atomic E-state index is 5.50. The van der Waals surface area contributed by atoms with E-state index in [2.05, 4.69) is 37.6 Å². The van der Waals surface area contributed by atoms with Crippen LogP contribution in [0.5, 0.6) is 11.5 Å². The average molecular weight is 311 g/mol. The summed E-state index contributed by atoms with van der Waals surface area (Å²) in [6, 6.07) is 6.23. The molecule has 23 heavy (non-hydrogen) atoms. The summed E-state index contributed by atoms with van der Waals surface area (Å²) in [5.74, 6) is 2.07.